The van der Waals surface area contributed by atoms with Gasteiger partial charge in [-0.2, -0.15) is 0 Å². The Labute approximate surface area is 217 Å². The van der Waals surface area contributed by atoms with Crippen LogP contribution in [0.2, 0.25) is 0 Å². The molecule has 204 valence electrons. The van der Waals surface area contributed by atoms with Crippen LogP contribution in [0.1, 0.15) is 27.0 Å². The van der Waals surface area contributed by atoms with Crippen molar-refractivity contribution in [3.05, 3.63) is 69.0 Å². The van der Waals surface area contributed by atoms with E-state index in [4.69, 9.17) is 35.3 Å². The van der Waals surface area contributed by atoms with Gasteiger partial charge >= 0.3 is 18.3 Å². The lowest BCUT2D eigenvalue weighted by Gasteiger charge is -2.23. The molecule has 37 heavy (non-hydrogen) atoms. The Hall–Kier alpha value is -2.71. The molecule has 5 atom stereocenters. The van der Waals surface area contributed by atoms with Gasteiger partial charge in [-0.1, -0.05) is 18.2 Å². The number of rotatable bonds is 11. The second-order valence-corrected chi connectivity index (χ2v) is 11.3. The molecule has 1 fully saturated rings. The van der Waals surface area contributed by atoms with Crippen molar-refractivity contribution in [2.45, 2.75) is 51.4 Å². The summed E-state index contributed by atoms with van der Waals surface area (Å²) >= 11 is 5.18. The normalized spacial score (nSPS) is 23.8. The van der Waals surface area contributed by atoms with E-state index in [0.29, 0.717) is 5.75 Å². The van der Waals surface area contributed by atoms with Crippen molar-refractivity contribution in [3.63, 3.8) is 0 Å². The molecule has 1 aromatic heterocycles. The molecule has 0 spiro atoms. The van der Waals surface area contributed by atoms with Crippen molar-refractivity contribution >= 4 is 18.4 Å². The summed E-state index contributed by atoms with van der Waals surface area (Å²) in [6.07, 6.45) is -4.50. The van der Waals surface area contributed by atoms with Gasteiger partial charge in [0.05, 0.1) is 24.6 Å². The molecule has 3 rings (SSSR count). The van der Waals surface area contributed by atoms with Crippen molar-refractivity contribution in [2.75, 3.05) is 13.7 Å². The molecule has 0 amide bonds. The zero-order valence-electron chi connectivity index (χ0n) is 20.6. The number of benzene rings is 1. The number of ether oxygens (including phenoxy) is 4. The van der Waals surface area contributed by atoms with E-state index < -0.39 is 48.2 Å². The highest BCUT2D eigenvalue weighted by molar-refractivity contribution is 8.08. The smallest absolute Gasteiger partial charge is 0.337 e. The van der Waals surface area contributed by atoms with Gasteiger partial charge in [0, 0.05) is 7.11 Å². The van der Waals surface area contributed by atoms with Gasteiger partial charge in [0.1, 0.15) is 24.1 Å². The number of allylic oxidation sites excluding steroid dienone is 1. The lowest BCUT2D eigenvalue weighted by molar-refractivity contribution is -0.0616. The van der Waals surface area contributed by atoms with Crippen LogP contribution in [0.25, 0.3) is 0 Å². The molecule has 0 saturated carbocycles. The number of aliphatic hydroxyl groups is 2. The summed E-state index contributed by atoms with van der Waals surface area (Å²) in [5.74, 6) is -0.0341. The highest BCUT2D eigenvalue weighted by Crippen LogP contribution is 2.39. The molecule has 2 aromatic rings. The van der Waals surface area contributed by atoms with Gasteiger partial charge in [-0.3, -0.25) is 14.3 Å². The number of H-pyrrole nitrogens is 1. The third kappa shape index (κ3) is 7.42. The number of hydrogen-bond acceptors (Lipinski definition) is 10. The van der Waals surface area contributed by atoms with Crippen LogP contribution in [0, 0.1) is 0 Å². The summed E-state index contributed by atoms with van der Waals surface area (Å²) in [5.41, 5.74) is -1.73. The number of nitrogens with zero attached hydrogens (tertiary/aromatic N) is 1. The third-order valence-electron chi connectivity index (χ3n) is 5.01. The fraction of sp³-hybridized carbons (Fsp3) is 0.455. The van der Waals surface area contributed by atoms with Crippen LogP contribution in [0.15, 0.2) is 57.8 Å². The molecule has 1 aromatic carbocycles. The molecule has 5 N–H and O–H groups in total. The first kappa shape index (κ1) is 28.9. The summed E-state index contributed by atoms with van der Waals surface area (Å²) in [7, 11) is 1.38. The van der Waals surface area contributed by atoms with E-state index in [2.05, 4.69) is 5.09 Å². The molecule has 1 aliphatic rings. The van der Waals surface area contributed by atoms with E-state index in [1.165, 1.54) is 14.0 Å². The Morgan fingerprint density at radius 1 is 1.24 bits per heavy atom. The van der Waals surface area contributed by atoms with E-state index in [9.17, 15) is 24.7 Å². The van der Waals surface area contributed by atoms with Crippen molar-refractivity contribution in [3.8, 4) is 11.5 Å². The highest BCUT2D eigenvalue weighted by atomic mass is 32.5. The van der Waals surface area contributed by atoms with Crippen LogP contribution in [-0.2, 0) is 26.0 Å². The van der Waals surface area contributed by atoms with Crippen LogP contribution < -0.4 is 25.6 Å². The first-order valence-electron chi connectivity index (χ1n) is 11.2. The highest BCUT2D eigenvalue weighted by Gasteiger charge is 2.44. The van der Waals surface area contributed by atoms with Gasteiger partial charge in [-0.15, -0.1) is 0 Å². The van der Waals surface area contributed by atoms with Gasteiger partial charge in [0.25, 0.3) is 5.56 Å². The second-order valence-electron chi connectivity index (χ2n) is 8.38. The zero-order chi connectivity index (χ0) is 27.3. The quantitative estimate of drug-likeness (QED) is 0.193. The fourth-order valence-corrected chi connectivity index (χ4v) is 5.00. The molecule has 13 nitrogen and oxygen atoms in total. The number of aromatic nitrogens is 2. The summed E-state index contributed by atoms with van der Waals surface area (Å²) in [6.45, 7) is 1.09. The number of nitrogens with one attached hydrogen (secondary N) is 2. The van der Waals surface area contributed by atoms with Crippen molar-refractivity contribution in [1.29, 1.82) is 0 Å². The van der Waals surface area contributed by atoms with E-state index in [-0.39, 0.29) is 24.4 Å². The molecule has 1 aliphatic heterocycles. The maximum atomic E-state index is 12.4. The molecule has 1 unspecified atom stereocenters. The van der Waals surface area contributed by atoms with E-state index >= 15 is 0 Å². The molecule has 1 saturated heterocycles. The SMILES string of the molecule is COC[C@H]1O[C@@H](n2cc(OP(O)(=S)NC(C)=C(Oc3ccccc3)OC(C)C)c(=O)[nH]c2=O)[C@H](O)[C@@H]1O. The van der Waals surface area contributed by atoms with E-state index in [1.807, 2.05) is 11.1 Å². The average molecular weight is 560 g/mol. The van der Waals surface area contributed by atoms with Crippen molar-refractivity contribution in [2.24, 2.45) is 0 Å². The van der Waals surface area contributed by atoms with E-state index in [1.54, 1.807) is 38.1 Å². The fourth-order valence-electron chi connectivity index (χ4n) is 3.39. The van der Waals surface area contributed by atoms with Gasteiger partial charge in [-0.05, 0) is 44.7 Å². The number of aliphatic hydroxyl groups excluding tert-OH is 2. The topological polar surface area (TPSA) is 174 Å². The lowest BCUT2D eigenvalue weighted by atomic mass is 10.1. The van der Waals surface area contributed by atoms with Crippen molar-refractivity contribution < 1.29 is 38.6 Å². The minimum absolute atomic E-state index is 0.0209. The number of hydrogen-bond donors (Lipinski definition) is 5. The number of methoxy groups -OCH3 is 1. The monoisotopic (exact) mass is 559 g/mol. The first-order valence-corrected chi connectivity index (χ1v) is 13.9. The summed E-state index contributed by atoms with van der Waals surface area (Å²) < 4.78 is 28.2. The predicted octanol–water partition coefficient (Wildman–Crippen LogP) is 0.680. The van der Waals surface area contributed by atoms with Crippen LogP contribution in [-0.4, -0.2) is 62.8 Å². The minimum Gasteiger partial charge on any atom is -0.461 e. The van der Waals surface area contributed by atoms with Gasteiger partial charge in [-0.25, -0.2) is 4.79 Å². The first-order chi connectivity index (χ1) is 17.4. The van der Waals surface area contributed by atoms with Gasteiger partial charge in [0.15, 0.2) is 6.23 Å². The molecular formula is C22H30N3O10PS. The predicted molar refractivity (Wildman–Crippen MR) is 135 cm³/mol. The van der Waals surface area contributed by atoms with Crippen LogP contribution in [0.3, 0.4) is 0 Å². The minimum atomic E-state index is -3.96. The summed E-state index contributed by atoms with van der Waals surface area (Å²) in [4.78, 5) is 37.7. The Kier molecular flexibility index (Phi) is 9.53. The van der Waals surface area contributed by atoms with Gasteiger partial charge in [0.2, 0.25) is 5.75 Å². The molecule has 2 heterocycles. The maximum Gasteiger partial charge on any atom is 0.337 e. The van der Waals surface area contributed by atoms with Crippen LogP contribution in [0.4, 0.5) is 0 Å². The Morgan fingerprint density at radius 3 is 2.54 bits per heavy atom. The van der Waals surface area contributed by atoms with Crippen molar-refractivity contribution in [1.82, 2.24) is 14.6 Å². The number of para-hydroxylation sites is 1. The third-order valence-corrected chi connectivity index (χ3v) is 6.57. The Balaban J connectivity index is 1.86. The molecule has 15 heteroatoms. The Morgan fingerprint density at radius 2 is 1.92 bits per heavy atom. The largest absolute Gasteiger partial charge is 0.461 e. The number of aromatic amines is 1. The zero-order valence-corrected chi connectivity index (χ0v) is 22.3. The molecule has 0 aliphatic carbocycles. The summed E-state index contributed by atoms with van der Waals surface area (Å²) in [6, 6.07) is 8.77. The Bertz CT molecular complexity index is 1270. The second kappa shape index (κ2) is 12.2. The van der Waals surface area contributed by atoms with E-state index in [0.717, 1.165) is 10.8 Å². The van der Waals surface area contributed by atoms with Gasteiger partial charge < -0.3 is 43.7 Å². The summed E-state index contributed by atoms with van der Waals surface area (Å²) in [5, 5.41) is 23.2. The average Bonchev–Trinajstić information content (AvgIpc) is 3.09. The molecule has 0 radical (unpaired) electrons. The molecule has 0 bridgehead atoms. The standard InChI is InChI=1S/C22H30N3O10PS/c1-12(2)32-21(33-14-8-6-5-7-9-14)13(3)24-36(30,37)35-15-10-25(22(29)23-19(15)28)20-18(27)17(26)16(34-20)11-31-4/h5-10,12,16-18,20,26-27H,11H2,1-4H3,(H,23,28,29)(H2,24,30,37)/t16-,17-,18-,20-,36?/m1/s1. The van der Waals surface area contributed by atoms with Crippen LogP contribution >= 0.6 is 6.64 Å². The maximum absolute atomic E-state index is 12.4. The lowest BCUT2D eigenvalue weighted by Crippen LogP contribution is -2.38. The molecular weight excluding hydrogens is 529 g/mol. The van der Waals surface area contributed by atoms with Crippen LogP contribution in [0.5, 0.6) is 11.5 Å².